The van der Waals surface area contributed by atoms with E-state index in [9.17, 15) is 9.90 Å². The number of aryl methyl sites for hydroxylation is 1. The number of nitrogens with one attached hydrogen (secondary N) is 1. The second-order valence-electron chi connectivity index (χ2n) is 5.10. The van der Waals surface area contributed by atoms with Gasteiger partial charge in [0.05, 0.1) is 12.6 Å². The molecule has 3 rings (SSSR count). The topological polar surface area (TPSA) is 78.5 Å². The largest absolute Gasteiger partial charge is 0.508 e. The Kier molecular flexibility index (Phi) is 3.39. The summed E-state index contributed by atoms with van der Waals surface area (Å²) in [7, 11) is 1.61. The van der Waals surface area contributed by atoms with Gasteiger partial charge in [0.1, 0.15) is 5.75 Å². The standard InChI is InChI=1S/C15H17N3O3/c1-9-12-13(17-16-9)15(20)18(7-8-21-2)14(12)10-3-5-11(19)6-4-10/h3-6,14,19H,7-8H2,1-2H3,(H,16,17). The molecule has 6 nitrogen and oxygen atoms in total. The number of methoxy groups -OCH3 is 1. The first-order chi connectivity index (χ1) is 10.1. The number of amides is 1. The van der Waals surface area contributed by atoms with E-state index < -0.39 is 0 Å². The number of hydrogen-bond donors (Lipinski definition) is 2. The van der Waals surface area contributed by atoms with Gasteiger partial charge in [-0.2, -0.15) is 5.10 Å². The molecule has 21 heavy (non-hydrogen) atoms. The van der Waals surface area contributed by atoms with Gasteiger partial charge < -0.3 is 14.7 Å². The molecule has 1 aromatic carbocycles. The average molecular weight is 287 g/mol. The number of carbonyl (C=O) groups is 1. The zero-order chi connectivity index (χ0) is 15.0. The lowest BCUT2D eigenvalue weighted by Gasteiger charge is -2.25. The van der Waals surface area contributed by atoms with Gasteiger partial charge in [-0.3, -0.25) is 9.89 Å². The highest BCUT2D eigenvalue weighted by molar-refractivity contribution is 5.98. The molecule has 1 aromatic heterocycles. The van der Waals surface area contributed by atoms with E-state index in [-0.39, 0.29) is 17.7 Å². The molecule has 2 aromatic rings. The van der Waals surface area contributed by atoms with E-state index in [0.717, 1.165) is 16.8 Å². The molecule has 0 saturated heterocycles. The number of aromatic hydroxyl groups is 1. The highest BCUT2D eigenvalue weighted by atomic mass is 16.5. The van der Waals surface area contributed by atoms with Crippen molar-refractivity contribution in [3.63, 3.8) is 0 Å². The highest BCUT2D eigenvalue weighted by Crippen LogP contribution is 2.39. The summed E-state index contributed by atoms with van der Waals surface area (Å²) in [5, 5.41) is 16.5. The number of aromatic amines is 1. The Morgan fingerprint density at radius 2 is 2.10 bits per heavy atom. The van der Waals surface area contributed by atoms with Crippen LogP contribution in [0.15, 0.2) is 24.3 Å². The number of carbonyl (C=O) groups excluding carboxylic acids is 1. The van der Waals surface area contributed by atoms with E-state index in [1.165, 1.54) is 0 Å². The van der Waals surface area contributed by atoms with Crippen LogP contribution in [0.5, 0.6) is 5.75 Å². The van der Waals surface area contributed by atoms with Crippen molar-refractivity contribution in [2.24, 2.45) is 0 Å². The van der Waals surface area contributed by atoms with Crippen molar-refractivity contribution in [2.75, 3.05) is 20.3 Å². The molecule has 2 heterocycles. The summed E-state index contributed by atoms with van der Waals surface area (Å²) < 4.78 is 5.10. The predicted octanol–water partition coefficient (Wildman–Crippen LogP) is 1.62. The molecule has 0 aliphatic carbocycles. The Morgan fingerprint density at radius 1 is 1.38 bits per heavy atom. The van der Waals surface area contributed by atoms with Crippen LogP contribution in [0.3, 0.4) is 0 Å². The molecule has 0 spiro atoms. The first kappa shape index (κ1) is 13.6. The third-order valence-electron chi connectivity index (χ3n) is 3.79. The summed E-state index contributed by atoms with van der Waals surface area (Å²) in [6, 6.07) is 6.72. The number of phenols is 1. The molecule has 0 fully saturated rings. The van der Waals surface area contributed by atoms with E-state index in [1.54, 1.807) is 24.1 Å². The first-order valence-corrected chi connectivity index (χ1v) is 6.77. The summed E-state index contributed by atoms with van der Waals surface area (Å²) >= 11 is 0. The maximum absolute atomic E-state index is 12.5. The van der Waals surface area contributed by atoms with Crippen LogP contribution >= 0.6 is 0 Å². The van der Waals surface area contributed by atoms with Crippen molar-refractivity contribution in [2.45, 2.75) is 13.0 Å². The van der Waals surface area contributed by atoms with Crippen LogP contribution in [0, 0.1) is 6.92 Å². The third kappa shape index (κ3) is 2.17. The van der Waals surface area contributed by atoms with Crippen LogP contribution < -0.4 is 0 Å². The van der Waals surface area contributed by atoms with Crippen molar-refractivity contribution in [1.82, 2.24) is 15.1 Å². The minimum Gasteiger partial charge on any atom is -0.508 e. The van der Waals surface area contributed by atoms with Crippen LogP contribution in [0.4, 0.5) is 0 Å². The monoisotopic (exact) mass is 287 g/mol. The summed E-state index contributed by atoms with van der Waals surface area (Å²) in [5.74, 6) is 0.111. The molecule has 0 saturated carbocycles. The number of ether oxygens (including phenoxy) is 1. The maximum atomic E-state index is 12.5. The van der Waals surface area contributed by atoms with Crippen LogP contribution in [0.25, 0.3) is 0 Å². The minimum atomic E-state index is -0.193. The second-order valence-corrected chi connectivity index (χ2v) is 5.10. The van der Waals surface area contributed by atoms with Crippen molar-refractivity contribution in [3.05, 3.63) is 46.8 Å². The first-order valence-electron chi connectivity index (χ1n) is 6.77. The van der Waals surface area contributed by atoms with Gasteiger partial charge in [0.25, 0.3) is 5.91 Å². The molecule has 0 bridgehead atoms. The van der Waals surface area contributed by atoms with Crippen molar-refractivity contribution < 1.29 is 14.6 Å². The molecular weight excluding hydrogens is 270 g/mol. The Morgan fingerprint density at radius 3 is 2.76 bits per heavy atom. The second kappa shape index (κ2) is 5.21. The summed E-state index contributed by atoms with van der Waals surface area (Å²) in [6.07, 6.45) is 0. The Bertz CT molecular complexity index is 663. The fourth-order valence-electron chi connectivity index (χ4n) is 2.77. The molecule has 1 aliphatic rings. The maximum Gasteiger partial charge on any atom is 0.275 e. The van der Waals surface area contributed by atoms with Crippen LogP contribution in [-0.2, 0) is 4.74 Å². The Balaban J connectivity index is 2.05. The number of fused-ring (bicyclic) bond motifs is 1. The molecule has 1 aliphatic heterocycles. The smallest absolute Gasteiger partial charge is 0.275 e. The van der Waals surface area contributed by atoms with Gasteiger partial charge in [0, 0.05) is 24.9 Å². The number of nitrogens with zero attached hydrogens (tertiary/aromatic N) is 2. The zero-order valence-electron chi connectivity index (χ0n) is 12.0. The van der Waals surface area contributed by atoms with E-state index in [0.29, 0.717) is 18.8 Å². The van der Waals surface area contributed by atoms with Crippen molar-refractivity contribution >= 4 is 5.91 Å². The number of rotatable bonds is 4. The molecule has 2 N–H and O–H groups in total. The van der Waals surface area contributed by atoms with Gasteiger partial charge in [0.15, 0.2) is 5.69 Å². The molecule has 1 atom stereocenters. The number of H-pyrrole nitrogens is 1. The lowest BCUT2D eigenvalue weighted by molar-refractivity contribution is 0.0677. The van der Waals surface area contributed by atoms with E-state index in [4.69, 9.17) is 4.74 Å². The van der Waals surface area contributed by atoms with Gasteiger partial charge in [-0.15, -0.1) is 0 Å². The van der Waals surface area contributed by atoms with Gasteiger partial charge in [-0.1, -0.05) is 12.1 Å². The quantitative estimate of drug-likeness (QED) is 0.895. The van der Waals surface area contributed by atoms with Gasteiger partial charge in [0.2, 0.25) is 0 Å². The van der Waals surface area contributed by atoms with E-state index in [1.807, 2.05) is 19.1 Å². The van der Waals surface area contributed by atoms with Gasteiger partial charge >= 0.3 is 0 Å². The fourth-order valence-corrected chi connectivity index (χ4v) is 2.77. The van der Waals surface area contributed by atoms with Gasteiger partial charge in [-0.25, -0.2) is 0 Å². The molecule has 1 unspecified atom stereocenters. The minimum absolute atomic E-state index is 0.0931. The molecular formula is C15H17N3O3. The predicted molar refractivity (Wildman–Crippen MR) is 76.2 cm³/mol. The normalized spacial score (nSPS) is 17.3. The van der Waals surface area contributed by atoms with Crippen molar-refractivity contribution in [1.29, 1.82) is 0 Å². The Labute approximate surface area is 122 Å². The lowest BCUT2D eigenvalue weighted by atomic mass is 9.99. The SMILES string of the molecule is COCCN1C(=O)c2n[nH]c(C)c2C1c1ccc(O)cc1. The number of aromatic nitrogens is 2. The highest BCUT2D eigenvalue weighted by Gasteiger charge is 2.41. The average Bonchev–Trinajstić information content (AvgIpc) is 2.98. The zero-order valence-corrected chi connectivity index (χ0v) is 12.0. The van der Waals surface area contributed by atoms with Crippen LogP contribution in [0.1, 0.15) is 33.4 Å². The molecule has 0 radical (unpaired) electrons. The van der Waals surface area contributed by atoms with E-state index in [2.05, 4.69) is 10.2 Å². The fraction of sp³-hybridized carbons (Fsp3) is 0.333. The molecule has 110 valence electrons. The summed E-state index contributed by atoms with van der Waals surface area (Å²) in [4.78, 5) is 14.3. The third-order valence-corrected chi connectivity index (χ3v) is 3.79. The van der Waals surface area contributed by atoms with Crippen LogP contribution in [0.2, 0.25) is 0 Å². The number of hydrogen-bond acceptors (Lipinski definition) is 4. The van der Waals surface area contributed by atoms with Gasteiger partial charge in [-0.05, 0) is 24.6 Å². The number of phenolic OH excluding ortho intramolecular Hbond substituents is 1. The van der Waals surface area contributed by atoms with Crippen LogP contribution in [-0.4, -0.2) is 46.4 Å². The molecule has 6 heteroatoms. The summed E-state index contributed by atoms with van der Waals surface area (Å²) in [6.45, 7) is 2.87. The Hall–Kier alpha value is -2.34. The lowest BCUT2D eigenvalue weighted by Crippen LogP contribution is -2.32. The molecule has 1 amide bonds. The number of benzene rings is 1. The van der Waals surface area contributed by atoms with E-state index >= 15 is 0 Å². The summed E-state index contributed by atoms with van der Waals surface area (Å²) in [5.41, 5.74) is 3.21. The van der Waals surface area contributed by atoms with Crippen molar-refractivity contribution in [3.8, 4) is 5.75 Å².